The first-order valence-electron chi connectivity index (χ1n) is 7.06. The van der Waals surface area contributed by atoms with Crippen molar-refractivity contribution >= 4 is 28.5 Å². The summed E-state index contributed by atoms with van der Waals surface area (Å²) >= 11 is 6.25. The van der Waals surface area contributed by atoms with Gasteiger partial charge in [0, 0.05) is 10.9 Å². The van der Waals surface area contributed by atoms with Gasteiger partial charge in [-0.1, -0.05) is 47.5 Å². The van der Waals surface area contributed by atoms with Gasteiger partial charge in [0.2, 0.25) is 0 Å². The minimum Gasteiger partial charge on any atom is -0.481 e. The highest BCUT2D eigenvalue weighted by Gasteiger charge is 2.18. The molecule has 3 aromatic rings. The average molecular weight is 314 g/mol. The van der Waals surface area contributed by atoms with Crippen molar-refractivity contribution in [3.05, 3.63) is 58.1 Å². The molecule has 2 aromatic carbocycles. The van der Waals surface area contributed by atoms with E-state index in [1.807, 2.05) is 38.1 Å². The number of benzene rings is 2. The Morgan fingerprint density at radius 3 is 2.68 bits per heavy atom. The number of aryl methyl sites for hydroxylation is 2. The lowest BCUT2D eigenvalue weighted by Gasteiger charge is -2.08. The zero-order valence-electron chi connectivity index (χ0n) is 12.4. The number of para-hydroxylation sites is 1. The lowest BCUT2D eigenvalue weighted by atomic mass is 9.98. The van der Waals surface area contributed by atoms with Crippen LogP contribution in [0.5, 0.6) is 0 Å². The molecule has 1 heterocycles. The molecule has 0 aliphatic carbocycles. The van der Waals surface area contributed by atoms with Gasteiger partial charge in [-0.05, 0) is 31.0 Å². The average Bonchev–Trinajstić information content (AvgIpc) is 2.79. The smallest absolute Gasteiger partial charge is 0.307 e. The van der Waals surface area contributed by atoms with Crippen molar-refractivity contribution in [1.29, 1.82) is 0 Å². The Kier molecular flexibility index (Phi) is 3.67. The quantitative estimate of drug-likeness (QED) is 0.734. The minimum atomic E-state index is -0.855. The number of carboxylic acid groups (broad SMARTS) is 1. The number of carboxylic acids is 1. The van der Waals surface area contributed by atoms with Crippen molar-refractivity contribution in [1.82, 2.24) is 4.98 Å². The molecule has 0 aliphatic heterocycles. The summed E-state index contributed by atoms with van der Waals surface area (Å²) in [5.74, 6) is -0.855. The molecule has 0 unspecified atom stereocenters. The molecular weight excluding hydrogens is 298 g/mol. The largest absolute Gasteiger partial charge is 0.481 e. The van der Waals surface area contributed by atoms with Crippen LogP contribution in [0.4, 0.5) is 0 Å². The second-order valence-corrected chi connectivity index (χ2v) is 5.94. The van der Waals surface area contributed by atoms with E-state index in [2.05, 4.69) is 11.1 Å². The van der Waals surface area contributed by atoms with Gasteiger partial charge in [0.1, 0.15) is 0 Å². The number of fused-ring (bicyclic) bond motifs is 1. The fourth-order valence-corrected chi connectivity index (χ4v) is 3.12. The summed E-state index contributed by atoms with van der Waals surface area (Å²) < 4.78 is 0. The monoisotopic (exact) mass is 313 g/mol. The van der Waals surface area contributed by atoms with E-state index in [9.17, 15) is 9.90 Å². The van der Waals surface area contributed by atoms with Crippen LogP contribution in [0.25, 0.3) is 22.2 Å². The van der Waals surface area contributed by atoms with Crippen molar-refractivity contribution < 1.29 is 9.90 Å². The number of hydrogen-bond acceptors (Lipinski definition) is 1. The number of carbonyl (C=O) groups is 1. The fourth-order valence-electron chi connectivity index (χ4n) is 2.90. The van der Waals surface area contributed by atoms with Gasteiger partial charge >= 0.3 is 5.97 Å². The molecule has 0 fully saturated rings. The lowest BCUT2D eigenvalue weighted by molar-refractivity contribution is -0.136. The lowest BCUT2D eigenvalue weighted by Crippen LogP contribution is -2.01. The van der Waals surface area contributed by atoms with Gasteiger partial charge in [0.05, 0.1) is 22.7 Å². The minimum absolute atomic E-state index is 0.0387. The fraction of sp³-hybridized carbons (Fsp3) is 0.167. The molecule has 0 bridgehead atoms. The zero-order chi connectivity index (χ0) is 15.9. The van der Waals surface area contributed by atoms with Crippen LogP contribution in [0.3, 0.4) is 0 Å². The number of hydrogen-bond donors (Lipinski definition) is 2. The molecule has 0 atom stereocenters. The first-order chi connectivity index (χ1) is 10.5. The van der Waals surface area contributed by atoms with Crippen LogP contribution >= 0.6 is 11.6 Å². The Hall–Kier alpha value is -2.26. The van der Waals surface area contributed by atoms with Crippen molar-refractivity contribution in [3.8, 4) is 11.3 Å². The Bertz CT molecular complexity index is 880. The Morgan fingerprint density at radius 1 is 1.23 bits per heavy atom. The Balaban J connectivity index is 2.32. The first-order valence-corrected chi connectivity index (χ1v) is 7.43. The van der Waals surface area contributed by atoms with Crippen LogP contribution in [-0.4, -0.2) is 16.1 Å². The number of aromatic amines is 1. The van der Waals surface area contributed by atoms with Crippen LogP contribution in [0.1, 0.15) is 16.7 Å². The zero-order valence-corrected chi connectivity index (χ0v) is 13.2. The maximum atomic E-state index is 11.3. The molecule has 0 saturated carbocycles. The first kappa shape index (κ1) is 14.7. The van der Waals surface area contributed by atoms with Crippen LogP contribution in [0.15, 0.2) is 36.4 Å². The van der Waals surface area contributed by atoms with Gasteiger partial charge in [0.15, 0.2) is 0 Å². The van der Waals surface area contributed by atoms with Crippen LogP contribution in [-0.2, 0) is 11.2 Å². The number of aliphatic carboxylic acids is 1. The maximum Gasteiger partial charge on any atom is 0.307 e. The highest BCUT2D eigenvalue weighted by atomic mass is 35.5. The third kappa shape index (κ3) is 2.48. The number of rotatable bonds is 3. The van der Waals surface area contributed by atoms with E-state index in [1.54, 1.807) is 6.07 Å². The van der Waals surface area contributed by atoms with Crippen molar-refractivity contribution in [2.75, 3.05) is 0 Å². The predicted octanol–water partition coefficient (Wildman–Crippen LogP) is 4.73. The molecule has 1 aromatic heterocycles. The second kappa shape index (κ2) is 5.50. The van der Waals surface area contributed by atoms with E-state index in [4.69, 9.17) is 11.6 Å². The topological polar surface area (TPSA) is 53.1 Å². The predicted molar refractivity (Wildman–Crippen MR) is 89.6 cm³/mol. The van der Waals surface area contributed by atoms with E-state index in [1.165, 1.54) is 5.56 Å². The van der Waals surface area contributed by atoms with Gasteiger partial charge in [-0.15, -0.1) is 0 Å². The number of nitrogens with one attached hydrogen (secondary N) is 1. The molecule has 0 saturated heterocycles. The highest BCUT2D eigenvalue weighted by Crippen LogP contribution is 2.35. The molecule has 0 aliphatic rings. The molecule has 22 heavy (non-hydrogen) atoms. The van der Waals surface area contributed by atoms with Crippen LogP contribution in [0.2, 0.25) is 5.02 Å². The highest BCUT2D eigenvalue weighted by molar-refractivity contribution is 6.35. The second-order valence-electron chi connectivity index (χ2n) is 5.53. The van der Waals surface area contributed by atoms with E-state index < -0.39 is 5.97 Å². The molecule has 3 rings (SSSR count). The number of halogens is 1. The molecule has 2 N–H and O–H groups in total. The summed E-state index contributed by atoms with van der Waals surface area (Å²) in [7, 11) is 0. The van der Waals surface area contributed by atoms with E-state index in [-0.39, 0.29) is 6.42 Å². The summed E-state index contributed by atoms with van der Waals surface area (Å²) in [6.45, 7) is 4.07. The molecule has 3 nitrogen and oxygen atoms in total. The standard InChI is InChI=1S/C18H16ClNO2/c1-10-6-7-12(11(2)8-10)17-14(9-16(21)22)13-4-3-5-15(19)18(13)20-17/h3-8,20H,9H2,1-2H3,(H,21,22). The van der Waals surface area contributed by atoms with Gasteiger partial charge in [-0.2, -0.15) is 0 Å². The van der Waals surface area contributed by atoms with Crippen LogP contribution in [0, 0.1) is 13.8 Å². The van der Waals surface area contributed by atoms with E-state index in [0.717, 1.165) is 33.3 Å². The van der Waals surface area contributed by atoms with E-state index >= 15 is 0 Å². The van der Waals surface area contributed by atoms with Crippen molar-refractivity contribution in [3.63, 3.8) is 0 Å². The van der Waals surface area contributed by atoms with Crippen LogP contribution < -0.4 is 0 Å². The summed E-state index contributed by atoms with van der Waals surface area (Å²) in [5, 5.41) is 10.7. The maximum absolute atomic E-state index is 11.3. The number of H-pyrrole nitrogens is 1. The summed E-state index contributed by atoms with van der Waals surface area (Å²) in [5.41, 5.74) is 5.69. The molecule has 0 spiro atoms. The van der Waals surface area contributed by atoms with Gasteiger partial charge in [-0.3, -0.25) is 4.79 Å². The van der Waals surface area contributed by atoms with Crippen molar-refractivity contribution in [2.45, 2.75) is 20.3 Å². The Morgan fingerprint density at radius 2 is 2.00 bits per heavy atom. The Labute approximate surface area is 133 Å². The summed E-state index contributed by atoms with van der Waals surface area (Å²) in [6, 6.07) is 11.7. The molecular formula is C18H16ClNO2. The SMILES string of the molecule is Cc1ccc(-c2[nH]c3c(Cl)cccc3c2CC(=O)O)c(C)c1. The van der Waals surface area contributed by atoms with Gasteiger partial charge in [-0.25, -0.2) is 0 Å². The van der Waals surface area contributed by atoms with Gasteiger partial charge in [0.25, 0.3) is 0 Å². The molecule has 4 heteroatoms. The third-order valence-electron chi connectivity index (χ3n) is 3.87. The molecule has 0 amide bonds. The van der Waals surface area contributed by atoms with Gasteiger partial charge < -0.3 is 10.1 Å². The molecule has 0 radical (unpaired) electrons. The normalized spacial score (nSPS) is 11.0. The third-order valence-corrected chi connectivity index (χ3v) is 4.18. The van der Waals surface area contributed by atoms with Crippen molar-refractivity contribution in [2.24, 2.45) is 0 Å². The number of aromatic nitrogens is 1. The summed E-state index contributed by atoms with van der Waals surface area (Å²) in [4.78, 5) is 14.6. The van der Waals surface area contributed by atoms with E-state index in [0.29, 0.717) is 5.02 Å². The molecule has 112 valence electrons. The summed E-state index contributed by atoms with van der Waals surface area (Å²) in [6.07, 6.45) is -0.0387.